The summed E-state index contributed by atoms with van der Waals surface area (Å²) in [6.07, 6.45) is 0. The number of nitrogen functional groups attached to an aromatic ring is 1. The zero-order valence-corrected chi connectivity index (χ0v) is 11.7. The molecule has 0 fully saturated rings. The Morgan fingerprint density at radius 2 is 2.17 bits per heavy atom. The summed E-state index contributed by atoms with van der Waals surface area (Å²) in [5.74, 6) is -0.324. The van der Waals surface area contributed by atoms with Crippen LogP contribution in [0, 0.1) is 6.92 Å². The van der Waals surface area contributed by atoms with E-state index < -0.39 is 0 Å². The molecule has 3 N–H and O–H groups in total. The van der Waals surface area contributed by atoms with Gasteiger partial charge in [-0.05, 0) is 19.1 Å². The lowest BCUT2D eigenvalue weighted by atomic mass is 10.2. The van der Waals surface area contributed by atoms with Crippen LogP contribution in [-0.2, 0) is 0 Å². The van der Waals surface area contributed by atoms with Crippen molar-refractivity contribution in [1.29, 1.82) is 0 Å². The number of halogens is 2. The molecule has 18 heavy (non-hydrogen) atoms. The normalized spacial score (nSPS) is 10.4. The number of hydrogen-bond acceptors (Lipinski definition) is 4. The number of carbonyl (C=O) groups is 1. The van der Waals surface area contributed by atoms with Crippen LogP contribution in [-0.4, -0.2) is 10.9 Å². The van der Waals surface area contributed by atoms with Crippen LogP contribution in [0.5, 0.6) is 0 Å². The molecular formula is C11H9Cl2N3OS. The van der Waals surface area contributed by atoms with Crippen molar-refractivity contribution >= 4 is 51.3 Å². The zero-order chi connectivity index (χ0) is 13.3. The molecule has 4 nitrogen and oxygen atoms in total. The topological polar surface area (TPSA) is 68.0 Å². The zero-order valence-electron chi connectivity index (χ0n) is 9.33. The third-order valence-corrected chi connectivity index (χ3v) is 3.85. The maximum absolute atomic E-state index is 11.9. The fourth-order valence-electron chi connectivity index (χ4n) is 1.32. The number of nitrogens with two attached hydrogens (primary N) is 1. The standard InChI is InChI=1S/C11H9Cl2N3OS/c1-5-4-18-11(15-5)16-10(17)6-2-7(12)9(13)8(14)3-6/h2-4H,14H2,1H3,(H,15,16,17). The molecule has 0 radical (unpaired) electrons. The molecule has 94 valence electrons. The van der Waals surface area contributed by atoms with Gasteiger partial charge in [-0.15, -0.1) is 11.3 Å². The van der Waals surface area contributed by atoms with Crippen molar-refractivity contribution in [3.63, 3.8) is 0 Å². The number of nitrogens with one attached hydrogen (secondary N) is 1. The van der Waals surface area contributed by atoms with Crippen LogP contribution >= 0.6 is 34.5 Å². The molecule has 2 rings (SSSR count). The highest BCUT2D eigenvalue weighted by molar-refractivity contribution is 7.13. The first-order valence-corrected chi connectivity index (χ1v) is 6.59. The Kier molecular flexibility index (Phi) is 3.75. The summed E-state index contributed by atoms with van der Waals surface area (Å²) in [5, 5.41) is 5.54. The minimum Gasteiger partial charge on any atom is -0.397 e. The first-order valence-electron chi connectivity index (χ1n) is 4.95. The van der Waals surface area contributed by atoms with Gasteiger partial charge in [0.25, 0.3) is 5.91 Å². The van der Waals surface area contributed by atoms with E-state index in [1.54, 1.807) is 0 Å². The van der Waals surface area contributed by atoms with E-state index in [9.17, 15) is 4.79 Å². The first-order chi connectivity index (χ1) is 8.47. The van der Waals surface area contributed by atoms with Crippen LogP contribution in [0.1, 0.15) is 16.1 Å². The Morgan fingerprint density at radius 3 is 2.72 bits per heavy atom. The van der Waals surface area contributed by atoms with Crippen LogP contribution in [0.25, 0.3) is 0 Å². The molecule has 1 heterocycles. The lowest BCUT2D eigenvalue weighted by molar-refractivity contribution is 0.102. The third kappa shape index (κ3) is 2.75. The van der Waals surface area contributed by atoms with Crippen molar-refractivity contribution in [3.05, 3.63) is 38.8 Å². The molecule has 7 heteroatoms. The summed E-state index contributed by atoms with van der Waals surface area (Å²) in [6, 6.07) is 2.94. The average molecular weight is 302 g/mol. The first kappa shape index (κ1) is 13.1. The minimum absolute atomic E-state index is 0.247. The molecule has 0 aliphatic carbocycles. The van der Waals surface area contributed by atoms with Crippen LogP contribution in [0.15, 0.2) is 17.5 Å². The third-order valence-electron chi connectivity index (χ3n) is 2.16. The number of aromatic nitrogens is 1. The van der Waals surface area contributed by atoms with Crippen LogP contribution in [0.4, 0.5) is 10.8 Å². The molecule has 0 atom stereocenters. The molecule has 0 saturated carbocycles. The van der Waals surface area contributed by atoms with Gasteiger partial charge in [-0.3, -0.25) is 10.1 Å². The summed E-state index contributed by atoms with van der Waals surface area (Å²) in [7, 11) is 0. The van der Waals surface area contributed by atoms with Crippen molar-refractivity contribution < 1.29 is 4.79 Å². The molecule has 1 aromatic heterocycles. The Bertz CT molecular complexity index is 589. The lowest BCUT2D eigenvalue weighted by Gasteiger charge is -2.06. The highest BCUT2D eigenvalue weighted by atomic mass is 35.5. The predicted octanol–water partition coefficient (Wildman–Crippen LogP) is 3.59. The van der Waals surface area contributed by atoms with Gasteiger partial charge < -0.3 is 5.73 Å². The Balaban J connectivity index is 2.24. The van der Waals surface area contributed by atoms with Gasteiger partial charge in [-0.2, -0.15) is 0 Å². The van der Waals surface area contributed by atoms with E-state index in [1.165, 1.54) is 23.5 Å². The van der Waals surface area contributed by atoms with Crippen LogP contribution < -0.4 is 11.1 Å². The molecule has 1 aromatic carbocycles. The second kappa shape index (κ2) is 5.14. The number of amides is 1. The maximum Gasteiger partial charge on any atom is 0.257 e. The van der Waals surface area contributed by atoms with Gasteiger partial charge >= 0.3 is 0 Å². The van der Waals surface area contributed by atoms with E-state index in [2.05, 4.69) is 10.3 Å². The molecule has 0 unspecified atom stereocenters. The highest BCUT2D eigenvalue weighted by Crippen LogP contribution is 2.29. The number of anilines is 2. The van der Waals surface area contributed by atoms with E-state index >= 15 is 0 Å². The molecule has 0 aliphatic rings. The quantitative estimate of drug-likeness (QED) is 0.833. The Labute approximate surface area is 118 Å². The fraction of sp³-hybridized carbons (Fsp3) is 0.0909. The number of hydrogen-bond donors (Lipinski definition) is 2. The van der Waals surface area contributed by atoms with Gasteiger partial charge in [0.2, 0.25) is 0 Å². The van der Waals surface area contributed by atoms with Gasteiger partial charge in [0.1, 0.15) is 0 Å². The molecule has 0 saturated heterocycles. The predicted molar refractivity (Wildman–Crippen MR) is 75.7 cm³/mol. The molecule has 2 aromatic rings. The second-order valence-corrected chi connectivity index (χ2v) is 5.25. The summed E-state index contributed by atoms with van der Waals surface area (Å²) in [4.78, 5) is 16.1. The number of benzene rings is 1. The molecule has 0 aliphatic heterocycles. The largest absolute Gasteiger partial charge is 0.397 e. The minimum atomic E-state index is -0.324. The van der Waals surface area contributed by atoms with E-state index in [1.807, 2.05) is 12.3 Å². The lowest BCUT2D eigenvalue weighted by Crippen LogP contribution is -2.12. The fourth-order valence-corrected chi connectivity index (χ4v) is 2.34. The Hall–Kier alpha value is -1.30. The number of nitrogens with zero attached hydrogens (tertiary/aromatic N) is 1. The highest BCUT2D eigenvalue weighted by Gasteiger charge is 2.12. The molecule has 0 bridgehead atoms. The number of aryl methyl sites for hydroxylation is 1. The summed E-state index contributed by atoms with van der Waals surface area (Å²) in [6.45, 7) is 1.85. The maximum atomic E-state index is 11.9. The van der Waals surface area contributed by atoms with Gasteiger partial charge in [0, 0.05) is 10.9 Å². The SMILES string of the molecule is Cc1csc(NC(=O)c2cc(N)c(Cl)c(Cl)c2)n1. The second-order valence-electron chi connectivity index (χ2n) is 3.61. The smallest absolute Gasteiger partial charge is 0.257 e. The van der Waals surface area contributed by atoms with Crippen molar-refractivity contribution in [3.8, 4) is 0 Å². The Morgan fingerprint density at radius 1 is 1.44 bits per heavy atom. The van der Waals surface area contributed by atoms with Gasteiger partial charge in [0.15, 0.2) is 5.13 Å². The van der Waals surface area contributed by atoms with Crippen molar-refractivity contribution in [2.45, 2.75) is 6.92 Å². The van der Waals surface area contributed by atoms with Gasteiger partial charge in [-0.1, -0.05) is 23.2 Å². The van der Waals surface area contributed by atoms with Crippen molar-refractivity contribution in [2.75, 3.05) is 11.1 Å². The van der Waals surface area contributed by atoms with Gasteiger partial charge in [0.05, 0.1) is 21.4 Å². The summed E-state index contributed by atoms with van der Waals surface area (Å²) < 4.78 is 0. The van der Waals surface area contributed by atoms with Gasteiger partial charge in [-0.25, -0.2) is 4.98 Å². The van der Waals surface area contributed by atoms with E-state index in [-0.39, 0.29) is 21.6 Å². The number of rotatable bonds is 2. The average Bonchev–Trinajstić information content (AvgIpc) is 2.71. The van der Waals surface area contributed by atoms with E-state index in [0.717, 1.165) is 5.69 Å². The summed E-state index contributed by atoms with van der Waals surface area (Å²) >= 11 is 13.0. The number of thiazole rings is 1. The van der Waals surface area contributed by atoms with Crippen molar-refractivity contribution in [2.24, 2.45) is 0 Å². The van der Waals surface area contributed by atoms with E-state index in [4.69, 9.17) is 28.9 Å². The van der Waals surface area contributed by atoms with Crippen LogP contribution in [0.2, 0.25) is 10.0 Å². The van der Waals surface area contributed by atoms with Crippen molar-refractivity contribution in [1.82, 2.24) is 4.98 Å². The summed E-state index contributed by atoms with van der Waals surface area (Å²) in [5.41, 5.74) is 7.11. The monoisotopic (exact) mass is 301 g/mol. The molecule has 1 amide bonds. The molecule has 0 spiro atoms. The van der Waals surface area contributed by atoms with E-state index in [0.29, 0.717) is 10.7 Å². The molecular weight excluding hydrogens is 293 g/mol. The van der Waals surface area contributed by atoms with Crippen LogP contribution in [0.3, 0.4) is 0 Å². The number of carbonyl (C=O) groups excluding carboxylic acids is 1.